The second kappa shape index (κ2) is 10.9. The number of nitrogens with one attached hydrogen (secondary N) is 1. The van der Waals surface area contributed by atoms with Crippen molar-refractivity contribution >= 4 is 84.8 Å². The first-order valence-electron chi connectivity index (χ1n) is 11.0. The Kier molecular flexibility index (Phi) is 7.90. The van der Waals surface area contributed by atoms with Gasteiger partial charge >= 0.3 is 0 Å². The first kappa shape index (κ1) is 24.0. The molecule has 5 nitrogen and oxygen atoms in total. The van der Waals surface area contributed by atoms with Gasteiger partial charge in [0.05, 0.1) is 6.21 Å². The summed E-state index contributed by atoms with van der Waals surface area (Å²) in [7, 11) is 0. The van der Waals surface area contributed by atoms with E-state index < -0.39 is 0 Å². The van der Waals surface area contributed by atoms with Crippen molar-refractivity contribution in [3.63, 3.8) is 0 Å². The Morgan fingerprint density at radius 3 is 2.06 bits per heavy atom. The van der Waals surface area contributed by atoms with Gasteiger partial charge in [-0.3, -0.25) is 4.79 Å². The van der Waals surface area contributed by atoms with Gasteiger partial charge in [0.25, 0.3) is 0 Å². The van der Waals surface area contributed by atoms with E-state index in [1.807, 2.05) is 12.1 Å². The smallest absolute Gasteiger partial charge is 0.241 e. The highest BCUT2D eigenvalue weighted by atomic mass is 127. The van der Waals surface area contributed by atoms with E-state index in [9.17, 15) is 4.79 Å². The van der Waals surface area contributed by atoms with Gasteiger partial charge < -0.3 is 9.47 Å². The normalized spacial score (nSPS) is 11.5. The topological polar surface area (TPSA) is 49.6 Å². The second-order valence-electron chi connectivity index (χ2n) is 7.78. The third kappa shape index (κ3) is 5.51. The number of amides is 1. The molecule has 170 valence electrons. The van der Waals surface area contributed by atoms with Crippen LogP contribution in [0.2, 0.25) is 0 Å². The number of benzene rings is 3. The minimum atomic E-state index is -0.1000. The van der Waals surface area contributed by atoms with Gasteiger partial charge in [-0.1, -0.05) is 12.1 Å². The Hall–Kier alpha value is -2.14. The Morgan fingerprint density at radius 1 is 0.939 bits per heavy atom. The molecular weight excluding hydrogens is 638 g/mol. The number of aryl methyl sites for hydroxylation is 1. The number of nitrogens with zero attached hydrogens (tertiary/aromatic N) is 3. The van der Waals surface area contributed by atoms with E-state index in [2.05, 4.69) is 128 Å². The highest BCUT2D eigenvalue weighted by Gasteiger charge is 2.12. The summed E-state index contributed by atoms with van der Waals surface area (Å²) >= 11 is 4.69. The molecule has 0 aliphatic heterocycles. The fraction of sp³-hybridized carbons (Fsp3) is 0.231. The van der Waals surface area contributed by atoms with Crippen LogP contribution in [-0.2, 0) is 11.3 Å². The lowest BCUT2D eigenvalue weighted by atomic mass is 10.2. The summed E-state index contributed by atoms with van der Waals surface area (Å²) in [5.74, 6) is -0.1000. The molecular formula is C26H26I2N4O. The van der Waals surface area contributed by atoms with Crippen LogP contribution in [0.5, 0.6) is 0 Å². The molecule has 3 aromatic carbocycles. The summed E-state index contributed by atoms with van der Waals surface area (Å²) in [6, 6.07) is 21.1. The van der Waals surface area contributed by atoms with Crippen molar-refractivity contribution in [2.45, 2.75) is 26.8 Å². The third-order valence-corrected chi connectivity index (χ3v) is 7.12. The van der Waals surface area contributed by atoms with Gasteiger partial charge in [-0.15, -0.1) is 0 Å². The van der Waals surface area contributed by atoms with E-state index in [0.29, 0.717) is 13.0 Å². The standard InChI is InChI=1S/C26H26I2N4O/c1-3-31(4-2)21-9-5-18(6-10-21)17-29-30-26(33)13-14-32-24-11-7-19(27)15-22(24)23-16-20(28)8-12-25(23)32/h5-12,15-17H,3-4,13-14H2,1-2H3,(H,30,33)/b29-17-. The Labute approximate surface area is 221 Å². The van der Waals surface area contributed by atoms with Crippen molar-refractivity contribution in [3.8, 4) is 0 Å². The quantitative estimate of drug-likeness (QED) is 0.135. The Balaban J connectivity index is 1.43. The molecule has 0 bridgehead atoms. The number of hydrazone groups is 1. The molecule has 0 spiro atoms. The molecule has 1 heterocycles. The van der Waals surface area contributed by atoms with Crippen molar-refractivity contribution in [1.29, 1.82) is 0 Å². The molecule has 0 aliphatic rings. The number of anilines is 1. The summed E-state index contributed by atoms with van der Waals surface area (Å²) in [6.07, 6.45) is 2.04. The van der Waals surface area contributed by atoms with Crippen LogP contribution in [-0.4, -0.2) is 29.8 Å². The number of hydrogen-bond acceptors (Lipinski definition) is 3. The Morgan fingerprint density at radius 2 is 1.52 bits per heavy atom. The first-order valence-corrected chi connectivity index (χ1v) is 13.2. The van der Waals surface area contributed by atoms with Crippen LogP contribution in [0.4, 0.5) is 5.69 Å². The summed E-state index contributed by atoms with van der Waals surface area (Å²) in [5.41, 5.74) is 7.12. The Bertz CT molecular complexity index is 1250. The van der Waals surface area contributed by atoms with Gasteiger partial charge in [-0.2, -0.15) is 5.10 Å². The summed E-state index contributed by atoms with van der Waals surface area (Å²) in [5, 5.41) is 6.60. The first-order chi connectivity index (χ1) is 16.0. The van der Waals surface area contributed by atoms with E-state index in [1.165, 1.54) is 23.6 Å². The highest BCUT2D eigenvalue weighted by Crippen LogP contribution is 2.31. The number of carbonyl (C=O) groups is 1. The van der Waals surface area contributed by atoms with Gasteiger partial charge in [0.15, 0.2) is 0 Å². The summed E-state index contributed by atoms with van der Waals surface area (Å²) in [4.78, 5) is 14.8. The van der Waals surface area contributed by atoms with Crippen molar-refractivity contribution < 1.29 is 4.79 Å². The van der Waals surface area contributed by atoms with Crippen LogP contribution >= 0.6 is 45.2 Å². The van der Waals surface area contributed by atoms with Crippen LogP contribution < -0.4 is 10.3 Å². The molecule has 0 atom stereocenters. The van der Waals surface area contributed by atoms with Crippen LogP contribution in [0.25, 0.3) is 21.8 Å². The number of rotatable bonds is 8. The predicted molar refractivity (Wildman–Crippen MR) is 155 cm³/mol. The molecule has 0 fully saturated rings. The fourth-order valence-electron chi connectivity index (χ4n) is 4.10. The monoisotopic (exact) mass is 664 g/mol. The zero-order valence-electron chi connectivity index (χ0n) is 18.7. The van der Waals surface area contributed by atoms with E-state index in [-0.39, 0.29) is 5.91 Å². The average molecular weight is 664 g/mol. The third-order valence-electron chi connectivity index (χ3n) is 5.78. The molecule has 0 aliphatic carbocycles. The average Bonchev–Trinajstić information content (AvgIpc) is 3.11. The number of fused-ring (bicyclic) bond motifs is 3. The molecule has 33 heavy (non-hydrogen) atoms. The van der Waals surface area contributed by atoms with Crippen molar-refractivity contribution in [2.24, 2.45) is 5.10 Å². The maximum absolute atomic E-state index is 12.5. The van der Waals surface area contributed by atoms with Crippen LogP contribution in [0.1, 0.15) is 25.8 Å². The number of hydrogen-bond donors (Lipinski definition) is 1. The largest absolute Gasteiger partial charge is 0.372 e. The highest BCUT2D eigenvalue weighted by molar-refractivity contribution is 14.1. The van der Waals surface area contributed by atoms with E-state index >= 15 is 0 Å². The van der Waals surface area contributed by atoms with Gasteiger partial charge in [-0.25, -0.2) is 5.43 Å². The number of aromatic nitrogens is 1. The number of carbonyl (C=O) groups excluding carboxylic acids is 1. The summed E-state index contributed by atoms with van der Waals surface area (Å²) < 4.78 is 4.64. The van der Waals surface area contributed by atoms with Gasteiger partial charge in [0.1, 0.15) is 0 Å². The SMILES string of the molecule is CCN(CC)c1ccc(/C=N\NC(=O)CCn2c3ccc(I)cc3c3cc(I)ccc32)cc1. The predicted octanol–water partition coefficient (Wildman–Crippen LogP) is 6.39. The van der Waals surface area contributed by atoms with Crippen LogP contribution in [0.3, 0.4) is 0 Å². The molecule has 1 aromatic heterocycles. The molecule has 4 aromatic rings. The van der Waals surface area contributed by atoms with Gasteiger partial charge in [0, 0.05) is 60.7 Å². The lowest BCUT2D eigenvalue weighted by molar-refractivity contribution is -0.121. The second-order valence-corrected chi connectivity index (χ2v) is 10.3. The minimum absolute atomic E-state index is 0.1000. The lowest BCUT2D eigenvalue weighted by Gasteiger charge is -2.20. The molecule has 4 rings (SSSR count). The molecule has 7 heteroatoms. The van der Waals surface area contributed by atoms with Gasteiger partial charge in [0.2, 0.25) is 5.91 Å². The van der Waals surface area contributed by atoms with Crippen molar-refractivity contribution in [3.05, 3.63) is 73.4 Å². The molecule has 0 saturated carbocycles. The van der Waals surface area contributed by atoms with E-state index in [1.54, 1.807) is 6.21 Å². The summed E-state index contributed by atoms with van der Waals surface area (Å²) in [6.45, 7) is 6.85. The molecule has 0 saturated heterocycles. The molecule has 1 N–H and O–H groups in total. The van der Waals surface area contributed by atoms with E-state index in [0.717, 1.165) is 29.7 Å². The van der Waals surface area contributed by atoms with Crippen LogP contribution in [0, 0.1) is 7.14 Å². The maximum atomic E-state index is 12.5. The van der Waals surface area contributed by atoms with Crippen molar-refractivity contribution in [2.75, 3.05) is 18.0 Å². The van der Waals surface area contributed by atoms with E-state index in [4.69, 9.17) is 0 Å². The minimum Gasteiger partial charge on any atom is -0.372 e. The molecule has 0 radical (unpaired) electrons. The van der Waals surface area contributed by atoms with Crippen LogP contribution in [0.15, 0.2) is 65.8 Å². The molecule has 0 unspecified atom stereocenters. The maximum Gasteiger partial charge on any atom is 0.241 e. The fourth-order valence-corrected chi connectivity index (χ4v) is 5.08. The van der Waals surface area contributed by atoms with Gasteiger partial charge in [-0.05, 0) is 113 Å². The lowest BCUT2D eigenvalue weighted by Crippen LogP contribution is -2.21. The molecule has 1 amide bonds. The van der Waals surface area contributed by atoms with Crippen molar-refractivity contribution in [1.82, 2.24) is 9.99 Å². The zero-order chi connectivity index (χ0) is 23.4. The zero-order valence-corrected chi connectivity index (χ0v) is 23.0. The number of halogens is 2.